The maximum Gasteiger partial charge on any atom is 0.338 e. The SMILES string of the molecule is CC(C)OC(=O)c1ccc(N2CC(C(=O)OCc3ccc(Cl)cc3)CC2=O)cc1. The van der Waals surface area contributed by atoms with Gasteiger partial charge < -0.3 is 14.4 Å². The maximum absolute atomic E-state index is 12.4. The molecule has 0 bridgehead atoms. The molecule has 1 aliphatic rings. The number of halogens is 1. The van der Waals surface area contributed by atoms with Gasteiger partial charge in [-0.05, 0) is 55.8 Å². The maximum atomic E-state index is 12.4. The summed E-state index contributed by atoms with van der Waals surface area (Å²) in [5.41, 5.74) is 1.87. The average Bonchev–Trinajstić information content (AvgIpc) is 3.08. The number of nitrogens with zero attached hydrogens (tertiary/aromatic N) is 1. The van der Waals surface area contributed by atoms with Gasteiger partial charge in [0.15, 0.2) is 0 Å². The largest absolute Gasteiger partial charge is 0.461 e. The van der Waals surface area contributed by atoms with Crippen molar-refractivity contribution in [1.29, 1.82) is 0 Å². The number of rotatable bonds is 6. The van der Waals surface area contributed by atoms with Crippen LogP contribution < -0.4 is 4.90 Å². The van der Waals surface area contributed by atoms with Crippen molar-refractivity contribution in [2.75, 3.05) is 11.4 Å². The molecule has 1 aliphatic heterocycles. The Hall–Kier alpha value is -2.86. The predicted octanol–water partition coefficient (Wildman–Crippen LogP) is 4.00. The van der Waals surface area contributed by atoms with E-state index >= 15 is 0 Å². The number of carbonyl (C=O) groups is 3. The smallest absolute Gasteiger partial charge is 0.338 e. The van der Waals surface area contributed by atoms with Gasteiger partial charge in [-0.15, -0.1) is 0 Å². The van der Waals surface area contributed by atoms with E-state index in [1.54, 1.807) is 62.4 Å². The molecule has 29 heavy (non-hydrogen) atoms. The molecule has 0 saturated carbocycles. The van der Waals surface area contributed by atoms with Gasteiger partial charge in [-0.1, -0.05) is 23.7 Å². The third-order valence-corrected chi connectivity index (χ3v) is 4.76. The van der Waals surface area contributed by atoms with Crippen molar-refractivity contribution >= 4 is 35.1 Å². The molecule has 7 heteroatoms. The number of hydrogen-bond acceptors (Lipinski definition) is 5. The summed E-state index contributed by atoms with van der Waals surface area (Å²) >= 11 is 5.84. The first kappa shape index (κ1) is 20.9. The number of esters is 2. The summed E-state index contributed by atoms with van der Waals surface area (Å²) in [4.78, 5) is 38.2. The molecule has 3 rings (SSSR count). The van der Waals surface area contributed by atoms with Crippen LogP contribution in [0.25, 0.3) is 0 Å². The molecule has 1 unspecified atom stereocenters. The van der Waals surface area contributed by atoms with Crippen LogP contribution in [0.4, 0.5) is 5.69 Å². The van der Waals surface area contributed by atoms with E-state index in [-0.39, 0.29) is 31.6 Å². The van der Waals surface area contributed by atoms with E-state index in [1.165, 1.54) is 4.90 Å². The van der Waals surface area contributed by atoms with E-state index in [2.05, 4.69) is 0 Å². The zero-order valence-corrected chi connectivity index (χ0v) is 17.0. The molecule has 2 aromatic carbocycles. The summed E-state index contributed by atoms with van der Waals surface area (Å²) in [6.45, 7) is 3.93. The fourth-order valence-corrected chi connectivity index (χ4v) is 3.15. The lowest BCUT2D eigenvalue weighted by Crippen LogP contribution is -2.26. The molecule has 0 radical (unpaired) electrons. The Morgan fingerprint density at radius 3 is 2.38 bits per heavy atom. The summed E-state index contributed by atoms with van der Waals surface area (Å²) in [6, 6.07) is 13.6. The van der Waals surface area contributed by atoms with Crippen LogP contribution >= 0.6 is 11.6 Å². The quantitative estimate of drug-likeness (QED) is 0.667. The van der Waals surface area contributed by atoms with Gasteiger partial charge in [0.25, 0.3) is 0 Å². The first-order chi connectivity index (χ1) is 13.8. The molecule has 0 aromatic heterocycles. The Labute approximate surface area is 174 Å². The van der Waals surface area contributed by atoms with Gasteiger partial charge in [0.2, 0.25) is 5.91 Å². The molecule has 152 valence electrons. The summed E-state index contributed by atoms with van der Waals surface area (Å²) in [5, 5.41) is 0.612. The first-order valence-electron chi connectivity index (χ1n) is 9.36. The molecule has 1 heterocycles. The van der Waals surface area contributed by atoms with Gasteiger partial charge in [-0.2, -0.15) is 0 Å². The van der Waals surface area contributed by atoms with Gasteiger partial charge in [0.1, 0.15) is 6.61 Å². The number of amides is 1. The highest BCUT2D eigenvalue weighted by Crippen LogP contribution is 2.26. The second-order valence-corrected chi connectivity index (χ2v) is 7.58. The average molecular weight is 416 g/mol. The van der Waals surface area contributed by atoms with Crippen LogP contribution in [0.15, 0.2) is 48.5 Å². The van der Waals surface area contributed by atoms with Gasteiger partial charge >= 0.3 is 11.9 Å². The molecule has 1 fully saturated rings. The van der Waals surface area contributed by atoms with E-state index in [9.17, 15) is 14.4 Å². The Bertz CT molecular complexity index is 892. The zero-order chi connectivity index (χ0) is 21.0. The first-order valence-corrected chi connectivity index (χ1v) is 9.74. The van der Waals surface area contributed by atoms with E-state index in [1.807, 2.05) is 0 Å². The van der Waals surface area contributed by atoms with Crippen molar-refractivity contribution in [1.82, 2.24) is 0 Å². The Balaban J connectivity index is 1.58. The highest BCUT2D eigenvalue weighted by molar-refractivity contribution is 6.30. The van der Waals surface area contributed by atoms with Crippen molar-refractivity contribution in [3.8, 4) is 0 Å². The molecule has 2 aromatic rings. The molecule has 1 atom stereocenters. The second kappa shape index (κ2) is 9.09. The van der Waals surface area contributed by atoms with Gasteiger partial charge in [-0.3, -0.25) is 9.59 Å². The van der Waals surface area contributed by atoms with E-state index in [4.69, 9.17) is 21.1 Å². The lowest BCUT2D eigenvalue weighted by molar-refractivity contribution is -0.149. The van der Waals surface area contributed by atoms with Crippen LogP contribution in [-0.4, -0.2) is 30.5 Å². The molecule has 0 N–H and O–H groups in total. The lowest BCUT2D eigenvalue weighted by atomic mass is 10.1. The topological polar surface area (TPSA) is 72.9 Å². The summed E-state index contributed by atoms with van der Waals surface area (Å²) in [5.74, 6) is -1.51. The molecule has 1 amide bonds. The van der Waals surface area contributed by atoms with Crippen molar-refractivity contribution in [3.63, 3.8) is 0 Å². The minimum absolute atomic E-state index is 0.0938. The third kappa shape index (κ3) is 5.35. The normalized spacial score (nSPS) is 16.2. The fourth-order valence-electron chi connectivity index (χ4n) is 3.03. The highest BCUT2D eigenvalue weighted by Gasteiger charge is 2.36. The minimum Gasteiger partial charge on any atom is -0.461 e. The second-order valence-electron chi connectivity index (χ2n) is 7.14. The lowest BCUT2D eigenvalue weighted by Gasteiger charge is -2.17. The zero-order valence-electron chi connectivity index (χ0n) is 16.3. The summed E-state index contributed by atoms with van der Waals surface area (Å²) in [6.07, 6.45) is -0.113. The number of anilines is 1. The van der Waals surface area contributed by atoms with Crippen LogP contribution in [0.2, 0.25) is 5.02 Å². The van der Waals surface area contributed by atoms with Gasteiger partial charge in [-0.25, -0.2) is 4.79 Å². The number of hydrogen-bond donors (Lipinski definition) is 0. The molecular formula is C22H22ClNO5. The Morgan fingerprint density at radius 1 is 1.10 bits per heavy atom. The Morgan fingerprint density at radius 2 is 1.76 bits per heavy atom. The highest BCUT2D eigenvalue weighted by atomic mass is 35.5. The standard InChI is InChI=1S/C22H22ClNO5/c1-14(2)29-22(27)16-5-9-19(10-6-16)24-12-17(11-20(24)25)21(26)28-13-15-3-7-18(23)8-4-15/h3-10,14,17H,11-13H2,1-2H3. The van der Waals surface area contributed by atoms with Crippen LogP contribution in [0.1, 0.15) is 36.2 Å². The number of ether oxygens (including phenoxy) is 2. The van der Waals surface area contributed by atoms with Crippen LogP contribution in [0, 0.1) is 5.92 Å². The van der Waals surface area contributed by atoms with Crippen molar-refractivity contribution in [2.45, 2.75) is 33.0 Å². The molecule has 1 saturated heterocycles. The van der Waals surface area contributed by atoms with Gasteiger partial charge in [0, 0.05) is 23.7 Å². The van der Waals surface area contributed by atoms with Crippen LogP contribution in [0.3, 0.4) is 0 Å². The van der Waals surface area contributed by atoms with Crippen LogP contribution in [0.5, 0.6) is 0 Å². The van der Waals surface area contributed by atoms with E-state index < -0.39 is 17.9 Å². The molecule has 6 nitrogen and oxygen atoms in total. The molecule has 0 aliphatic carbocycles. The third-order valence-electron chi connectivity index (χ3n) is 4.51. The molecule has 0 spiro atoms. The predicted molar refractivity (Wildman–Crippen MR) is 109 cm³/mol. The Kier molecular flexibility index (Phi) is 6.54. The van der Waals surface area contributed by atoms with Crippen molar-refractivity contribution < 1.29 is 23.9 Å². The van der Waals surface area contributed by atoms with Crippen molar-refractivity contribution in [3.05, 3.63) is 64.7 Å². The minimum atomic E-state index is -0.527. The van der Waals surface area contributed by atoms with Crippen molar-refractivity contribution in [2.24, 2.45) is 5.92 Å². The monoisotopic (exact) mass is 415 g/mol. The fraction of sp³-hybridized carbons (Fsp3) is 0.318. The van der Waals surface area contributed by atoms with Crippen LogP contribution in [-0.2, 0) is 25.7 Å². The van der Waals surface area contributed by atoms with E-state index in [0.717, 1.165) is 5.56 Å². The summed E-state index contributed by atoms with van der Waals surface area (Å²) < 4.78 is 10.5. The molecular weight excluding hydrogens is 394 g/mol. The van der Waals surface area contributed by atoms with Gasteiger partial charge in [0.05, 0.1) is 17.6 Å². The van der Waals surface area contributed by atoms with E-state index in [0.29, 0.717) is 16.3 Å². The summed E-state index contributed by atoms with van der Waals surface area (Å²) in [7, 11) is 0. The number of benzene rings is 2. The number of carbonyl (C=O) groups excluding carboxylic acids is 3.